The second-order valence-electron chi connectivity index (χ2n) is 5.86. The third-order valence-electron chi connectivity index (χ3n) is 4.21. The number of halogens is 1. The van der Waals surface area contributed by atoms with Gasteiger partial charge in [0, 0.05) is 40.9 Å². The number of pyridine rings is 1. The van der Waals surface area contributed by atoms with Crippen LogP contribution in [0.25, 0.3) is 22.2 Å². The molecule has 0 aliphatic carbocycles. The van der Waals surface area contributed by atoms with Crippen LogP contribution in [-0.2, 0) is 6.42 Å². The Morgan fingerprint density at radius 3 is 2.68 bits per heavy atom. The number of nitrogens with zero attached hydrogens (tertiary/aromatic N) is 2. The summed E-state index contributed by atoms with van der Waals surface area (Å²) in [7, 11) is 0. The summed E-state index contributed by atoms with van der Waals surface area (Å²) in [4.78, 5) is 4.28. The number of nitrogens with two attached hydrogens (primary N) is 1. The third-order valence-corrected chi connectivity index (χ3v) is 4.21. The van der Waals surface area contributed by atoms with Crippen molar-refractivity contribution >= 4 is 11.0 Å². The van der Waals surface area contributed by atoms with Crippen LogP contribution in [0.3, 0.4) is 0 Å². The average Bonchev–Trinajstić information content (AvgIpc) is 3.06. The molecule has 4 nitrogen and oxygen atoms in total. The molecule has 124 valence electrons. The summed E-state index contributed by atoms with van der Waals surface area (Å²) in [5.74, 6) is -0.354. The monoisotopic (exact) mass is 333 g/mol. The molecule has 1 unspecified atom stereocenters. The molecule has 2 aromatic heterocycles. The molecule has 2 heterocycles. The van der Waals surface area contributed by atoms with Crippen molar-refractivity contribution in [3.05, 3.63) is 83.9 Å². The van der Waals surface area contributed by atoms with E-state index in [4.69, 9.17) is 10.3 Å². The zero-order chi connectivity index (χ0) is 17.2. The lowest BCUT2D eigenvalue weighted by molar-refractivity contribution is 0.459. The Labute approximate surface area is 144 Å². The van der Waals surface area contributed by atoms with Gasteiger partial charge in [-0.25, -0.2) is 4.39 Å². The van der Waals surface area contributed by atoms with E-state index in [1.165, 1.54) is 6.07 Å². The lowest BCUT2D eigenvalue weighted by Gasteiger charge is -2.16. The van der Waals surface area contributed by atoms with Crippen LogP contribution in [0.2, 0.25) is 0 Å². The highest BCUT2D eigenvalue weighted by Crippen LogP contribution is 2.34. The van der Waals surface area contributed by atoms with Gasteiger partial charge in [0.15, 0.2) is 5.58 Å². The summed E-state index contributed by atoms with van der Waals surface area (Å²) in [6.07, 6.45) is 2.14. The summed E-state index contributed by atoms with van der Waals surface area (Å²) in [5, 5.41) is 4.98. The number of para-hydroxylation sites is 1. The fourth-order valence-electron chi connectivity index (χ4n) is 3.05. The summed E-state index contributed by atoms with van der Waals surface area (Å²) < 4.78 is 20.0. The SMILES string of the molecule is NC(Cc1ccccn1)c1c(F)cccc1-c1noc2ccccc12. The molecule has 2 N–H and O–H groups in total. The van der Waals surface area contributed by atoms with Gasteiger partial charge in [0.05, 0.1) is 0 Å². The van der Waals surface area contributed by atoms with Crippen LogP contribution in [0, 0.1) is 5.82 Å². The first-order chi connectivity index (χ1) is 12.2. The predicted molar refractivity (Wildman–Crippen MR) is 94.3 cm³/mol. The van der Waals surface area contributed by atoms with Crippen molar-refractivity contribution in [2.45, 2.75) is 12.5 Å². The van der Waals surface area contributed by atoms with E-state index in [0.29, 0.717) is 28.8 Å². The van der Waals surface area contributed by atoms with Crippen LogP contribution in [0.1, 0.15) is 17.3 Å². The molecule has 0 aliphatic rings. The van der Waals surface area contributed by atoms with Gasteiger partial charge in [-0.1, -0.05) is 35.5 Å². The van der Waals surface area contributed by atoms with E-state index in [0.717, 1.165) is 11.1 Å². The van der Waals surface area contributed by atoms with Gasteiger partial charge in [-0.3, -0.25) is 4.98 Å². The number of benzene rings is 2. The highest BCUT2D eigenvalue weighted by atomic mass is 19.1. The molecule has 25 heavy (non-hydrogen) atoms. The molecule has 0 fully saturated rings. The maximum Gasteiger partial charge on any atom is 0.167 e. The molecule has 0 amide bonds. The molecule has 0 saturated carbocycles. The fourth-order valence-corrected chi connectivity index (χ4v) is 3.05. The van der Waals surface area contributed by atoms with Gasteiger partial charge in [-0.15, -0.1) is 0 Å². The highest BCUT2D eigenvalue weighted by Gasteiger charge is 2.21. The molecule has 5 heteroatoms. The maximum atomic E-state index is 14.6. The number of rotatable bonds is 4. The van der Waals surface area contributed by atoms with Crippen molar-refractivity contribution in [3.8, 4) is 11.3 Å². The first-order valence-corrected chi connectivity index (χ1v) is 8.02. The molecule has 0 spiro atoms. The molecule has 0 bridgehead atoms. The van der Waals surface area contributed by atoms with Gasteiger partial charge in [0.1, 0.15) is 11.5 Å². The zero-order valence-corrected chi connectivity index (χ0v) is 13.4. The summed E-state index contributed by atoms with van der Waals surface area (Å²) in [5.41, 5.74) is 9.48. The Morgan fingerprint density at radius 1 is 1.00 bits per heavy atom. The summed E-state index contributed by atoms with van der Waals surface area (Å²) in [6, 6.07) is 17.5. The lowest BCUT2D eigenvalue weighted by atomic mass is 9.93. The second-order valence-corrected chi connectivity index (χ2v) is 5.86. The number of fused-ring (bicyclic) bond motifs is 1. The predicted octanol–water partition coefficient (Wildman–Crippen LogP) is 4.27. The first-order valence-electron chi connectivity index (χ1n) is 8.02. The Hall–Kier alpha value is -3.05. The Balaban J connectivity index is 1.81. The molecule has 4 rings (SSSR count). The molecular formula is C20H16FN3O. The van der Waals surface area contributed by atoms with Gasteiger partial charge in [0.25, 0.3) is 0 Å². The minimum Gasteiger partial charge on any atom is -0.356 e. The molecule has 0 radical (unpaired) electrons. The van der Waals surface area contributed by atoms with Crippen molar-refractivity contribution in [2.24, 2.45) is 5.73 Å². The van der Waals surface area contributed by atoms with Crippen molar-refractivity contribution in [3.63, 3.8) is 0 Å². The van der Waals surface area contributed by atoms with E-state index in [1.54, 1.807) is 12.3 Å². The number of aromatic nitrogens is 2. The smallest absolute Gasteiger partial charge is 0.167 e. The van der Waals surface area contributed by atoms with E-state index in [1.807, 2.05) is 48.5 Å². The van der Waals surface area contributed by atoms with E-state index in [2.05, 4.69) is 10.1 Å². The van der Waals surface area contributed by atoms with Crippen LogP contribution < -0.4 is 5.73 Å². The second kappa shape index (κ2) is 6.45. The minimum absolute atomic E-state index is 0.354. The van der Waals surface area contributed by atoms with Crippen LogP contribution >= 0.6 is 0 Å². The van der Waals surface area contributed by atoms with Crippen LogP contribution in [0.5, 0.6) is 0 Å². The van der Waals surface area contributed by atoms with E-state index < -0.39 is 6.04 Å². The van der Waals surface area contributed by atoms with E-state index in [9.17, 15) is 4.39 Å². The van der Waals surface area contributed by atoms with Crippen molar-refractivity contribution in [2.75, 3.05) is 0 Å². The molecular weight excluding hydrogens is 317 g/mol. The minimum atomic E-state index is -0.540. The van der Waals surface area contributed by atoms with Gasteiger partial charge in [-0.05, 0) is 30.3 Å². The van der Waals surface area contributed by atoms with Gasteiger partial charge < -0.3 is 10.3 Å². The van der Waals surface area contributed by atoms with Crippen molar-refractivity contribution in [1.82, 2.24) is 10.1 Å². The van der Waals surface area contributed by atoms with Crippen molar-refractivity contribution in [1.29, 1.82) is 0 Å². The Kier molecular flexibility index (Phi) is 3.99. The average molecular weight is 333 g/mol. The number of hydrogen-bond donors (Lipinski definition) is 1. The fraction of sp³-hybridized carbons (Fsp3) is 0.100. The molecule has 0 saturated heterocycles. The van der Waals surface area contributed by atoms with Crippen LogP contribution in [0.15, 0.2) is 71.4 Å². The standard InChI is InChI=1S/C20H16FN3O/c21-16-9-5-8-15(20-14-7-1-2-10-18(14)25-24-20)19(16)17(22)12-13-6-3-4-11-23-13/h1-11,17H,12,22H2. The Morgan fingerprint density at radius 2 is 1.84 bits per heavy atom. The van der Waals surface area contributed by atoms with E-state index >= 15 is 0 Å². The van der Waals surface area contributed by atoms with Gasteiger partial charge in [0.2, 0.25) is 0 Å². The lowest BCUT2D eigenvalue weighted by Crippen LogP contribution is -2.17. The highest BCUT2D eigenvalue weighted by molar-refractivity contribution is 5.92. The normalized spacial score (nSPS) is 12.4. The number of hydrogen-bond acceptors (Lipinski definition) is 4. The summed E-state index contributed by atoms with van der Waals surface area (Å²) in [6.45, 7) is 0. The van der Waals surface area contributed by atoms with Crippen LogP contribution in [-0.4, -0.2) is 10.1 Å². The molecule has 2 aromatic carbocycles. The molecule has 1 atom stereocenters. The first kappa shape index (κ1) is 15.5. The Bertz CT molecular complexity index is 1010. The van der Waals surface area contributed by atoms with E-state index in [-0.39, 0.29) is 5.82 Å². The topological polar surface area (TPSA) is 64.9 Å². The van der Waals surface area contributed by atoms with Crippen molar-refractivity contribution < 1.29 is 8.91 Å². The zero-order valence-electron chi connectivity index (χ0n) is 13.4. The molecule has 4 aromatic rings. The van der Waals surface area contributed by atoms with Crippen LogP contribution in [0.4, 0.5) is 4.39 Å². The quantitative estimate of drug-likeness (QED) is 0.606. The third kappa shape index (κ3) is 2.90. The molecule has 0 aliphatic heterocycles. The summed E-state index contributed by atoms with van der Waals surface area (Å²) >= 11 is 0. The van der Waals surface area contributed by atoms with Gasteiger partial charge in [-0.2, -0.15) is 0 Å². The van der Waals surface area contributed by atoms with Gasteiger partial charge >= 0.3 is 0 Å². The largest absolute Gasteiger partial charge is 0.356 e. The maximum absolute atomic E-state index is 14.6.